The lowest BCUT2D eigenvalue weighted by Gasteiger charge is -2.21. The lowest BCUT2D eigenvalue weighted by molar-refractivity contribution is -0.121. The van der Waals surface area contributed by atoms with Crippen LogP contribution >= 0.6 is 11.6 Å². The topological polar surface area (TPSA) is 76.3 Å². The summed E-state index contributed by atoms with van der Waals surface area (Å²) in [5.41, 5.74) is 6.37. The standard InChI is InChI=1S/C15H20ClN3O2/c1-15(2,3)11-6-10(7-12(16)18-11)14(21)19-5-4-9(8-19)13(17)20/h6-7,9H,4-5,8H2,1-3H3,(H2,17,20). The minimum Gasteiger partial charge on any atom is -0.369 e. The summed E-state index contributed by atoms with van der Waals surface area (Å²) in [6, 6.07) is 3.34. The molecule has 0 saturated carbocycles. The van der Waals surface area contributed by atoms with E-state index in [4.69, 9.17) is 17.3 Å². The molecule has 2 rings (SSSR count). The highest BCUT2D eigenvalue weighted by atomic mass is 35.5. The first-order chi connectivity index (χ1) is 9.68. The van der Waals surface area contributed by atoms with Crippen LogP contribution in [0.15, 0.2) is 12.1 Å². The zero-order valence-electron chi connectivity index (χ0n) is 12.5. The highest BCUT2D eigenvalue weighted by Gasteiger charge is 2.31. The van der Waals surface area contributed by atoms with Crippen LogP contribution in [0.2, 0.25) is 5.15 Å². The third-order valence-corrected chi connectivity index (χ3v) is 3.88. The van der Waals surface area contributed by atoms with Crippen molar-refractivity contribution in [1.29, 1.82) is 0 Å². The summed E-state index contributed by atoms with van der Waals surface area (Å²) in [5.74, 6) is -0.740. The van der Waals surface area contributed by atoms with Crippen molar-refractivity contribution in [1.82, 2.24) is 9.88 Å². The number of amides is 2. The van der Waals surface area contributed by atoms with Crippen LogP contribution in [-0.4, -0.2) is 34.8 Å². The maximum Gasteiger partial charge on any atom is 0.254 e. The van der Waals surface area contributed by atoms with Crippen LogP contribution in [0.1, 0.15) is 43.2 Å². The molecule has 1 aliphatic heterocycles. The van der Waals surface area contributed by atoms with Crippen molar-refractivity contribution in [2.24, 2.45) is 11.7 Å². The maximum absolute atomic E-state index is 12.5. The number of hydrogen-bond acceptors (Lipinski definition) is 3. The molecular formula is C15H20ClN3O2. The van der Waals surface area contributed by atoms with Crippen molar-refractivity contribution in [2.45, 2.75) is 32.6 Å². The van der Waals surface area contributed by atoms with E-state index in [1.807, 2.05) is 20.8 Å². The molecule has 0 aliphatic carbocycles. The van der Waals surface area contributed by atoms with Crippen LogP contribution in [0.4, 0.5) is 0 Å². The minimum absolute atomic E-state index is 0.131. The Bertz CT molecular complexity index is 581. The first-order valence-corrected chi connectivity index (χ1v) is 7.33. The summed E-state index contributed by atoms with van der Waals surface area (Å²) < 4.78 is 0. The number of carbonyl (C=O) groups is 2. The lowest BCUT2D eigenvalue weighted by atomic mass is 9.91. The molecule has 2 amide bonds. The summed E-state index contributed by atoms with van der Waals surface area (Å²) in [7, 11) is 0. The fourth-order valence-electron chi connectivity index (χ4n) is 2.36. The third kappa shape index (κ3) is 3.53. The zero-order chi connectivity index (χ0) is 15.8. The van der Waals surface area contributed by atoms with Crippen LogP contribution < -0.4 is 5.73 Å². The van der Waals surface area contributed by atoms with Gasteiger partial charge < -0.3 is 10.6 Å². The number of carbonyl (C=O) groups excluding carboxylic acids is 2. The summed E-state index contributed by atoms with van der Waals surface area (Å²) in [6.07, 6.45) is 0.617. The predicted molar refractivity (Wildman–Crippen MR) is 81.2 cm³/mol. The lowest BCUT2D eigenvalue weighted by Crippen LogP contribution is -2.32. The SMILES string of the molecule is CC(C)(C)c1cc(C(=O)N2CCC(C(N)=O)C2)cc(Cl)n1. The van der Waals surface area contributed by atoms with Crippen LogP contribution in [-0.2, 0) is 10.2 Å². The monoisotopic (exact) mass is 309 g/mol. The number of halogens is 1. The molecule has 0 bridgehead atoms. The minimum atomic E-state index is -0.353. The van der Waals surface area contributed by atoms with E-state index in [1.165, 1.54) is 0 Å². The molecule has 1 aromatic rings. The van der Waals surface area contributed by atoms with Gasteiger partial charge in [0.1, 0.15) is 5.15 Å². The van der Waals surface area contributed by atoms with E-state index < -0.39 is 0 Å². The Morgan fingerprint density at radius 3 is 2.57 bits per heavy atom. The Labute approximate surface area is 129 Å². The zero-order valence-corrected chi connectivity index (χ0v) is 13.3. The fourth-order valence-corrected chi connectivity index (χ4v) is 2.57. The Kier molecular flexibility index (Phi) is 4.23. The van der Waals surface area contributed by atoms with E-state index in [-0.39, 0.29) is 23.1 Å². The Morgan fingerprint density at radius 2 is 2.05 bits per heavy atom. The van der Waals surface area contributed by atoms with Crippen LogP contribution in [0, 0.1) is 5.92 Å². The van der Waals surface area contributed by atoms with Crippen LogP contribution in [0.25, 0.3) is 0 Å². The molecule has 6 heteroatoms. The van der Waals surface area contributed by atoms with Crippen molar-refractivity contribution in [3.63, 3.8) is 0 Å². The number of rotatable bonds is 2. The summed E-state index contributed by atoms with van der Waals surface area (Å²) in [6.45, 7) is 6.95. The predicted octanol–water partition coefficient (Wildman–Crippen LogP) is 1.98. The fraction of sp³-hybridized carbons (Fsp3) is 0.533. The van der Waals surface area contributed by atoms with Gasteiger partial charge in [-0.25, -0.2) is 4.98 Å². The number of aromatic nitrogens is 1. The quantitative estimate of drug-likeness (QED) is 0.849. The maximum atomic E-state index is 12.5. The van der Waals surface area contributed by atoms with E-state index in [0.29, 0.717) is 30.2 Å². The smallest absolute Gasteiger partial charge is 0.254 e. The molecular weight excluding hydrogens is 290 g/mol. The van der Waals surface area contributed by atoms with Crippen LogP contribution in [0.3, 0.4) is 0 Å². The Hall–Kier alpha value is -1.62. The molecule has 2 N–H and O–H groups in total. The molecule has 0 spiro atoms. The van der Waals surface area contributed by atoms with E-state index in [2.05, 4.69) is 4.98 Å². The van der Waals surface area contributed by atoms with Gasteiger partial charge in [-0.2, -0.15) is 0 Å². The molecule has 5 nitrogen and oxygen atoms in total. The number of primary amides is 1. The molecule has 1 saturated heterocycles. The van der Waals surface area contributed by atoms with Crippen molar-refractivity contribution in [3.05, 3.63) is 28.5 Å². The number of pyridine rings is 1. The van der Waals surface area contributed by atoms with E-state index in [0.717, 1.165) is 5.69 Å². The number of nitrogens with two attached hydrogens (primary N) is 1. The molecule has 0 radical (unpaired) electrons. The van der Waals surface area contributed by atoms with Crippen molar-refractivity contribution >= 4 is 23.4 Å². The van der Waals surface area contributed by atoms with Gasteiger partial charge in [-0.15, -0.1) is 0 Å². The van der Waals surface area contributed by atoms with Crippen molar-refractivity contribution in [3.8, 4) is 0 Å². The van der Waals surface area contributed by atoms with Gasteiger partial charge >= 0.3 is 0 Å². The van der Waals surface area contributed by atoms with Gasteiger partial charge in [0.2, 0.25) is 5.91 Å². The average Bonchev–Trinajstić information content (AvgIpc) is 2.85. The first-order valence-electron chi connectivity index (χ1n) is 6.95. The molecule has 1 unspecified atom stereocenters. The first kappa shape index (κ1) is 15.8. The molecule has 1 atom stereocenters. The second kappa shape index (κ2) is 5.64. The van der Waals surface area contributed by atoms with Gasteiger partial charge in [0, 0.05) is 29.8 Å². The molecule has 1 aliphatic rings. The van der Waals surface area contributed by atoms with Gasteiger partial charge in [-0.3, -0.25) is 9.59 Å². The van der Waals surface area contributed by atoms with Crippen molar-refractivity contribution < 1.29 is 9.59 Å². The third-order valence-electron chi connectivity index (χ3n) is 3.69. The highest BCUT2D eigenvalue weighted by molar-refractivity contribution is 6.29. The molecule has 1 aromatic heterocycles. The normalized spacial score (nSPS) is 18.9. The Balaban J connectivity index is 2.24. The molecule has 21 heavy (non-hydrogen) atoms. The van der Waals surface area contributed by atoms with Gasteiger partial charge in [0.25, 0.3) is 5.91 Å². The van der Waals surface area contributed by atoms with Gasteiger partial charge in [0.15, 0.2) is 0 Å². The van der Waals surface area contributed by atoms with Crippen LogP contribution in [0.5, 0.6) is 0 Å². The second-order valence-corrected chi connectivity index (χ2v) is 6.84. The summed E-state index contributed by atoms with van der Waals surface area (Å²) >= 11 is 6.03. The summed E-state index contributed by atoms with van der Waals surface area (Å²) in [4.78, 5) is 29.7. The summed E-state index contributed by atoms with van der Waals surface area (Å²) in [5, 5.41) is 0.302. The molecule has 1 fully saturated rings. The van der Waals surface area contributed by atoms with E-state index >= 15 is 0 Å². The highest BCUT2D eigenvalue weighted by Crippen LogP contribution is 2.25. The number of likely N-dealkylation sites (tertiary alicyclic amines) is 1. The second-order valence-electron chi connectivity index (χ2n) is 6.45. The molecule has 114 valence electrons. The van der Waals surface area contributed by atoms with Gasteiger partial charge in [0.05, 0.1) is 5.92 Å². The molecule has 0 aromatic carbocycles. The number of nitrogens with zero attached hydrogens (tertiary/aromatic N) is 2. The van der Waals surface area contributed by atoms with Crippen molar-refractivity contribution in [2.75, 3.05) is 13.1 Å². The Morgan fingerprint density at radius 1 is 1.38 bits per heavy atom. The molecule has 2 heterocycles. The van der Waals surface area contributed by atoms with E-state index in [1.54, 1.807) is 17.0 Å². The van der Waals surface area contributed by atoms with Gasteiger partial charge in [-0.1, -0.05) is 32.4 Å². The largest absolute Gasteiger partial charge is 0.369 e. The average molecular weight is 310 g/mol. The van der Waals surface area contributed by atoms with Gasteiger partial charge in [-0.05, 0) is 18.6 Å². The van der Waals surface area contributed by atoms with E-state index in [9.17, 15) is 9.59 Å². The number of hydrogen-bond donors (Lipinski definition) is 1.